The molecule has 0 bridgehead atoms. The van der Waals surface area contributed by atoms with E-state index in [1.54, 1.807) is 0 Å². The molecule has 0 saturated heterocycles. The highest BCUT2D eigenvalue weighted by molar-refractivity contribution is 6.26. The largest absolute Gasteiger partial charge is 0.0665 e. The molecule has 0 N–H and O–H groups in total. The topological polar surface area (TPSA) is 0 Å². The SMILES string of the molecule is Cc1cc(C2=CC(C)(C)C3=c4cc5c6ccccc6c6ccccc6c5cc4=CC3=C2)c(C)cc1C1=CC(C)(C)C2=c3cc4c5ccccc5c5ccccc5c4cc3=CC2=C1. The Morgan fingerprint density at radius 2 is 0.597 bits per heavy atom. The van der Waals surface area contributed by atoms with Crippen LogP contribution in [-0.2, 0) is 0 Å². The molecular weight excluding hydrogens is 745 g/mol. The minimum Gasteiger partial charge on any atom is -0.0665 e. The highest BCUT2D eigenvalue weighted by Crippen LogP contribution is 2.47. The second kappa shape index (κ2) is 12.3. The van der Waals surface area contributed by atoms with Crippen molar-refractivity contribution < 1.29 is 0 Å². The van der Waals surface area contributed by atoms with E-state index in [9.17, 15) is 0 Å². The van der Waals surface area contributed by atoms with Crippen molar-refractivity contribution in [3.63, 3.8) is 0 Å². The van der Waals surface area contributed by atoms with E-state index in [2.05, 4.69) is 211 Å². The van der Waals surface area contributed by atoms with Gasteiger partial charge in [0.15, 0.2) is 0 Å². The third-order valence-electron chi connectivity index (χ3n) is 14.7. The number of benzene rings is 9. The molecule has 4 aliphatic carbocycles. The predicted octanol–water partition coefficient (Wildman–Crippen LogP) is 13.2. The van der Waals surface area contributed by atoms with E-state index >= 15 is 0 Å². The molecule has 0 heterocycles. The van der Waals surface area contributed by atoms with Crippen molar-refractivity contribution in [3.8, 4) is 0 Å². The minimum atomic E-state index is -0.149. The fourth-order valence-electron chi connectivity index (χ4n) is 12.2. The summed E-state index contributed by atoms with van der Waals surface area (Å²) in [6.07, 6.45) is 14.8. The maximum absolute atomic E-state index is 2.52. The summed E-state index contributed by atoms with van der Waals surface area (Å²) in [5, 5.41) is 21.3. The van der Waals surface area contributed by atoms with Gasteiger partial charge in [-0.05, 0) is 204 Å². The van der Waals surface area contributed by atoms with Gasteiger partial charge in [-0.1, -0.05) is 149 Å². The number of rotatable bonds is 2. The fourth-order valence-corrected chi connectivity index (χ4v) is 12.2. The summed E-state index contributed by atoms with van der Waals surface area (Å²) in [5.74, 6) is 0. The van der Waals surface area contributed by atoms with Gasteiger partial charge < -0.3 is 0 Å². The molecule has 13 rings (SSSR count). The summed E-state index contributed by atoms with van der Waals surface area (Å²) in [5.41, 5.74) is 13.1. The Morgan fingerprint density at radius 3 is 0.919 bits per heavy atom. The molecule has 0 aliphatic heterocycles. The second-order valence-corrected chi connectivity index (χ2v) is 19.5. The van der Waals surface area contributed by atoms with Crippen molar-refractivity contribution in [1.82, 2.24) is 0 Å². The van der Waals surface area contributed by atoms with Gasteiger partial charge in [-0.25, -0.2) is 0 Å². The standard InChI is InChI=1S/C62H46/c1-35-23-52(42-28-40-26-38-30-56-48-20-12-8-16-44(48)46-18-10-14-22-50(46)58(56)32-54(38)60(40)62(5,6)34-42)36(2)24-51(35)41-27-39-25-37-29-55-47-19-11-7-15-43(47)45-17-9-13-21-49(45)57(55)31-53(37)59(39)61(3,4)33-41/h7-34H,1-6H3. The molecule has 4 aliphatic rings. The van der Waals surface area contributed by atoms with Crippen LogP contribution in [0.4, 0.5) is 0 Å². The summed E-state index contributed by atoms with van der Waals surface area (Å²) >= 11 is 0. The van der Waals surface area contributed by atoms with Crippen LogP contribution in [0.1, 0.15) is 49.9 Å². The number of aryl methyl sites for hydroxylation is 2. The lowest BCUT2D eigenvalue weighted by atomic mass is 9.72. The van der Waals surface area contributed by atoms with E-state index < -0.39 is 0 Å². The van der Waals surface area contributed by atoms with Crippen molar-refractivity contribution in [3.05, 3.63) is 212 Å². The summed E-state index contributed by atoms with van der Waals surface area (Å²) in [4.78, 5) is 0. The lowest BCUT2D eigenvalue weighted by molar-refractivity contribution is 0.646. The Hall–Kier alpha value is -7.02. The predicted molar refractivity (Wildman–Crippen MR) is 268 cm³/mol. The third kappa shape index (κ3) is 4.90. The molecule has 0 nitrogen and oxygen atoms in total. The lowest BCUT2D eigenvalue weighted by Gasteiger charge is -2.31. The molecule has 0 atom stereocenters. The van der Waals surface area contributed by atoms with Crippen LogP contribution in [0.2, 0.25) is 0 Å². The van der Waals surface area contributed by atoms with Gasteiger partial charge in [-0.2, -0.15) is 0 Å². The minimum absolute atomic E-state index is 0.149. The van der Waals surface area contributed by atoms with Gasteiger partial charge in [0, 0.05) is 10.8 Å². The van der Waals surface area contributed by atoms with Crippen LogP contribution in [0.15, 0.2) is 169 Å². The maximum atomic E-state index is 2.52. The molecule has 0 amide bonds. The molecule has 9 aromatic carbocycles. The first kappa shape index (κ1) is 35.7. The first-order valence-corrected chi connectivity index (χ1v) is 22.2. The molecular formula is C62H46. The zero-order valence-corrected chi connectivity index (χ0v) is 36.2. The molecule has 0 fully saturated rings. The molecule has 62 heavy (non-hydrogen) atoms. The Labute approximate surface area is 361 Å². The van der Waals surface area contributed by atoms with Crippen molar-refractivity contribution in [1.29, 1.82) is 0 Å². The van der Waals surface area contributed by atoms with Gasteiger partial charge in [-0.15, -0.1) is 0 Å². The maximum Gasteiger partial charge on any atom is 0.00965 e. The van der Waals surface area contributed by atoms with E-state index in [1.165, 1.54) is 141 Å². The average Bonchev–Trinajstić information content (AvgIpc) is 3.84. The van der Waals surface area contributed by atoms with Crippen LogP contribution < -0.4 is 20.9 Å². The Kier molecular flexibility index (Phi) is 7.09. The first-order valence-electron chi connectivity index (χ1n) is 22.2. The molecule has 0 aromatic heterocycles. The average molecular weight is 791 g/mol. The highest BCUT2D eigenvalue weighted by atomic mass is 14.4. The highest BCUT2D eigenvalue weighted by Gasteiger charge is 2.33. The van der Waals surface area contributed by atoms with Crippen molar-refractivity contribution in [2.75, 3.05) is 0 Å². The molecule has 0 radical (unpaired) electrons. The molecule has 9 aromatic rings. The Morgan fingerprint density at radius 1 is 0.306 bits per heavy atom. The molecule has 0 unspecified atom stereocenters. The zero-order valence-electron chi connectivity index (χ0n) is 36.2. The van der Waals surface area contributed by atoms with Gasteiger partial charge in [0.1, 0.15) is 0 Å². The normalized spacial score (nSPS) is 17.1. The quantitative estimate of drug-likeness (QED) is 0.153. The van der Waals surface area contributed by atoms with Crippen molar-refractivity contribution in [2.24, 2.45) is 10.8 Å². The van der Waals surface area contributed by atoms with E-state index in [4.69, 9.17) is 0 Å². The van der Waals surface area contributed by atoms with Gasteiger partial charge in [0.2, 0.25) is 0 Å². The number of hydrogen-bond acceptors (Lipinski definition) is 0. The second-order valence-electron chi connectivity index (χ2n) is 19.5. The van der Waals surface area contributed by atoms with Crippen LogP contribution in [0, 0.1) is 24.7 Å². The van der Waals surface area contributed by atoms with Crippen LogP contribution in [0.25, 0.3) is 99.1 Å². The van der Waals surface area contributed by atoms with Crippen LogP contribution in [-0.4, -0.2) is 0 Å². The first-order chi connectivity index (χ1) is 30.0. The summed E-state index contributed by atoms with van der Waals surface area (Å²) in [6, 6.07) is 50.4. The molecule has 0 spiro atoms. The van der Waals surface area contributed by atoms with E-state index in [-0.39, 0.29) is 10.8 Å². The van der Waals surface area contributed by atoms with Crippen LogP contribution in [0.3, 0.4) is 0 Å². The van der Waals surface area contributed by atoms with Crippen LogP contribution in [0.5, 0.6) is 0 Å². The number of fused-ring (bicyclic) bond motifs is 16. The zero-order chi connectivity index (χ0) is 41.8. The third-order valence-corrected chi connectivity index (χ3v) is 14.7. The molecule has 0 heteroatoms. The monoisotopic (exact) mass is 790 g/mol. The van der Waals surface area contributed by atoms with Crippen LogP contribution >= 0.6 is 0 Å². The summed E-state index contributed by atoms with van der Waals surface area (Å²) in [7, 11) is 0. The van der Waals surface area contributed by atoms with E-state index in [0.717, 1.165) is 0 Å². The number of allylic oxidation sites excluding steroid dienone is 8. The molecule has 294 valence electrons. The van der Waals surface area contributed by atoms with Gasteiger partial charge in [0.25, 0.3) is 0 Å². The number of hydrogen-bond donors (Lipinski definition) is 0. The summed E-state index contributed by atoms with van der Waals surface area (Å²) < 4.78 is 0. The van der Waals surface area contributed by atoms with Gasteiger partial charge in [0.05, 0.1) is 0 Å². The fraction of sp³-hybridized carbons (Fsp3) is 0.129. The van der Waals surface area contributed by atoms with Crippen molar-refractivity contribution in [2.45, 2.75) is 41.5 Å². The Balaban J connectivity index is 0.919. The molecule has 0 saturated carbocycles. The smallest absolute Gasteiger partial charge is 0.00965 e. The van der Waals surface area contributed by atoms with E-state index in [0.29, 0.717) is 0 Å². The Bertz CT molecular complexity index is 3760. The van der Waals surface area contributed by atoms with Gasteiger partial charge in [-0.3, -0.25) is 0 Å². The lowest BCUT2D eigenvalue weighted by Crippen LogP contribution is -2.28. The summed E-state index contributed by atoms with van der Waals surface area (Å²) in [6.45, 7) is 14.2. The van der Waals surface area contributed by atoms with Gasteiger partial charge >= 0.3 is 0 Å². The van der Waals surface area contributed by atoms with E-state index in [1.807, 2.05) is 0 Å². The van der Waals surface area contributed by atoms with Crippen molar-refractivity contribution >= 4 is 99.1 Å².